The van der Waals surface area contributed by atoms with E-state index in [1.165, 1.54) is 19.4 Å². The van der Waals surface area contributed by atoms with Crippen molar-refractivity contribution in [2.24, 2.45) is 0 Å². The first-order valence-corrected chi connectivity index (χ1v) is 4.32. The van der Waals surface area contributed by atoms with E-state index >= 15 is 0 Å². The summed E-state index contributed by atoms with van der Waals surface area (Å²) in [5.74, 6) is -0.446. The second-order valence-corrected chi connectivity index (χ2v) is 2.69. The Hall–Kier alpha value is -2.10. The smallest absolute Gasteiger partial charge is 0.260 e. The number of carbonyl (C=O) groups excluding carboxylic acids is 2. The molecule has 0 saturated carbocycles. The number of nitrogens with zero attached hydrogens (tertiary/aromatic N) is 1. The molecule has 0 heterocycles. The maximum absolute atomic E-state index is 11.5. The molecule has 1 aromatic carbocycles. The molecule has 1 rings (SSSR count). The van der Waals surface area contributed by atoms with E-state index in [-0.39, 0.29) is 0 Å². The topological polar surface area (TPSA) is 46.6 Å². The zero-order chi connectivity index (χ0) is 11.1. The maximum Gasteiger partial charge on any atom is 0.260 e. The van der Waals surface area contributed by atoms with Crippen LogP contribution in [0.2, 0.25) is 0 Å². The SMILES string of the molecule is CO/C=C\C(=O)N(C=O)c1ccccc1. The van der Waals surface area contributed by atoms with Gasteiger partial charge < -0.3 is 4.74 Å². The second kappa shape index (κ2) is 5.59. The molecule has 0 saturated heterocycles. The molecular formula is C11H11NO3. The summed E-state index contributed by atoms with van der Waals surface area (Å²) in [5, 5.41) is 0. The second-order valence-electron chi connectivity index (χ2n) is 2.69. The molecule has 0 unspecified atom stereocenters. The van der Waals surface area contributed by atoms with Gasteiger partial charge in [-0.15, -0.1) is 0 Å². The van der Waals surface area contributed by atoms with Crippen LogP contribution in [0.3, 0.4) is 0 Å². The van der Waals surface area contributed by atoms with Gasteiger partial charge in [-0.1, -0.05) is 18.2 Å². The highest BCUT2D eigenvalue weighted by atomic mass is 16.5. The molecule has 0 aliphatic heterocycles. The van der Waals surface area contributed by atoms with Crippen molar-refractivity contribution in [3.63, 3.8) is 0 Å². The van der Waals surface area contributed by atoms with Gasteiger partial charge in [-0.25, -0.2) is 4.90 Å². The summed E-state index contributed by atoms with van der Waals surface area (Å²) in [5.41, 5.74) is 0.526. The number of hydrogen-bond acceptors (Lipinski definition) is 3. The molecule has 0 fully saturated rings. The molecule has 0 radical (unpaired) electrons. The zero-order valence-corrected chi connectivity index (χ0v) is 8.29. The van der Waals surface area contributed by atoms with Gasteiger partial charge in [0.1, 0.15) is 0 Å². The van der Waals surface area contributed by atoms with Crippen molar-refractivity contribution >= 4 is 18.0 Å². The predicted molar refractivity (Wildman–Crippen MR) is 56.1 cm³/mol. The number of hydrogen-bond donors (Lipinski definition) is 0. The maximum atomic E-state index is 11.5. The van der Waals surface area contributed by atoms with Gasteiger partial charge in [0.2, 0.25) is 6.41 Å². The fourth-order valence-electron chi connectivity index (χ4n) is 1.04. The lowest BCUT2D eigenvalue weighted by Crippen LogP contribution is -2.27. The average molecular weight is 205 g/mol. The van der Waals surface area contributed by atoms with Crippen LogP contribution < -0.4 is 4.90 Å². The van der Waals surface area contributed by atoms with E-state index in [2.05, 4.69) is 4.74 Å². The van der Waals surface area contributed by atoms with Gasteiger partial charge in [0.15, 0.2) is 0 Å². The Morgan fingerprint density at radius 3 is 2.53 bits per heavy atom. The Balaban J connectivity index is 2.85. The lowest BCUT2D eigenvalue weighted by molar-refractivity contribution is -0.118. The van der Waals surface area contributed by atoms with E-state index in [1.807, 2.05) is 6.07 Å². The summed E-state index contributed by atoms with van der Waals surface area (Å²) < 4.78 is 4.60. The number of rotatable bonds is 4. The number of para-hydroxylation sites is 1. The van der Waals surface area contributed by atoms with Crippen LogP contribution in [-0.2, 0) is 14.3 Å². The lowest BCUT2D eigenvalue weighted by Gasteiger charge is -2.12. The monoisotopic (exact) mass is 205 g/mol. The van der Waals surface area contributed by atoms with Crippen LogP contribution in [0.4, 0.5) is 5.69 Å². The van der Waals surface area contributed by atoms with Crippen molar-refractivity contribution in [1.29, 1.82) is 0 Å². The Bertz CT molecular complexity index is 359. The molecule has 0 bridgehead atoms. The van der Waals surface area contributed by atoms with E-state index in [1.54, 1.807) is 24.3 Å². The largest absolute Gasteiger partial charge is 0.504 e. The fraction of sp³-hybridized carbons (Fsp3) is 0.0909. The third-order valence-corrected chi connectivity index (χ3v) is 1.72. The third-order valence-electron chi connectivity index (χ3n) is 1.72. The Labute approximate surface area is 87.8 Å². The predicted octanol–water partition coefficient (Wildman–Crippen LogP) is 1.34. The summed E-state index contributed by atoms with van der Waals surface area (Å²) in [4.78, 5) is 23.2. The van der Waals surface area contributed by atoms with Crippen LogP contribution in [-0.4, -0.2) is 19.4 Å². The Morgan fingerprint density at radius 1 is 1.33 bits per heavy atom. The first kappa shape index (κ1) is 11.0. The lowest BCUT2D eigenvalue weighted by atomic mass is 10.3. The van der Waals surface area contributed by atoms with Crippen molar-refractivity contribution in [2.45, 2.75) is 0 Å². The number of ether oxygens (including phenoxy) is 1. The van der Waals surface area contributed by atoms with Crippen LogP contribution in [0.15, 0.2) is 42.7 Å². The summed E-state index contributed by atoms with van der Waals surface area (Å²) in [7, 11) is 1.43. The Morgan fingerprint density at radius 2 is 2.00 bits per heavy atom. The highest BCUT2D eigenvalue weighted by Crippen LogP contribution is 2.11. The molecule has 1 aromatic rings. The van der Waals surface area contributed by atoms with Gasteiger partial charge in [-0.05, 0) is 12.1 Å². The number of amides is 2. The standard InChI is InChI=1S/C11H11NO3/c1-15-8-7-11(14)12(9-13)10-5-3-2-4-6-10/h2-9H,1H3/b8-7-. The number of methoxy groups -OCH3 is 1. The molecule has 0 spiro atoms. The van der Waals surface area contributed by atoms with Gasteiger partial charge in [0.25, 0.3) is 5.91 Å². The summed E-state index contributed by atoms with van der Waals surface area (Å²) in [6, 6.07) is 8.65. The highest BCUT2D eigenvalue weighted by Gasteiger charge is 2.10. The van der Waals surface area contributed by atoms with Crippen molar-refractivity contribution in [1.82, 2.24) is 0 Å². The highest BCUT2D eigenvalue weighted by molar-refractivity contribution is 6.12. The number of benzene rings is 1. The molecule has 0 aliphatic rings. The normalized spacial score (nSPS) is 9.93. The molecule has 78 valence electrons. The first-order valence-electron chi connectivity index (χ1n) is 4.32. The molecular weight excluding hydrogens is 194 g/mol. The quantitative estimate of drug-likeness (QED) is 0.423. The minimum atomic E-state index is -0.446. The van der Waals surface area contributed by atoms with E-state index < -0.39 is 5.91 Å². The van der Waals surface area contributed by atoms with Crippen LogP contribution in [0.5, 0.6) is 0 Å². The summed E-state index contributed by atoms with van der Waals surface area (Å²) >= 11 is 0. The summed E-state index contributed by atoms with van der Waals surface area (Å²) in [6.07, 6.45) is 2.88. The molecule has 0 aromatic heterocycles. The molecule has 4 heteroatoms. The molecule has 0 N–H and O–H groups in total. The van der Waals surface area contributed by atoms with Crippen LogP contribution in [0.1, 0.15) is 0 Å². The van der Waals surface area contributed by atoms with E-state index in [9.17, 15) is 9.59 Å². The first-order chi connectivity index (χ1) is 7.29. The number of imide groups is 1. The molecule has 0 aliphatic carbocycles. The van der Waals surface area contributed by atoms with Gasteiger partial charge >= 0.3 is 0 Å². The van der Waals surface area contributed by atoms with Crippen LogP contribution in [0, 0.1) is 0 Å². The number of anilines is 1. The molecule has 2 amide bonds. The van der Waals surface area contributed by atoms with Crippen molar-refractivity contribution in [2.75, 3.05) is 12.0 Å². The van der Waals surface area contributed by atoms with Gasteiger partial charge in [-0.3, -0.25) is 9.59 Å². The average Bonchev–Trinajstić information content (AvgIpc) is 2.29. The molecule has 4 nitrogen and oxygen atoms in total. The summed E-state index contributed by atoms with van der Waals surface area (Å²) in [6.45, 7) is 0. The Kier molecular flexibility index (Phi) is 4.09. The van der Waals surface area contributed by atoms with Crippen molar-refractivity contribution in [3.8, 4) is 0 Å². The fourth-order valence-corrected chi connectivity index (χ4v) is 1.04. The number of carbonyl (C=O) groups is 2. The van der Waals surface area contributed by atoms with Crippen LogP contribution >= 0.6 is 0 Å². The van der Waals surface area contributed by atoms with E-state index in [4.69, 9.17) is 0 Å². The van der Waals surface area contributed by atoms with E-state index in [0.717, 1.165) is 4.90 Å². The van der Waals surface area contributed by atoms with Gasteiger partial charge in [-0.2, -0.15) is 0 Å². The van der Waals surface area contributed by atoms with E-state index in [0.29, 0.717) is 12.1 Å². The minimum Gasteiger partial charge on any atom is -0.504 e. The van der Waals surface area contributed by atoms with Crippen molar-refractivity contribution in [3.05, 3.63) is 42.7 Å². The molecule has 15 heavy (non-hydrogen) atoms. The minimum absolute atomic E-state index is 0.446. The van der Waals surface area contributed by atoms with Crippen LogP contribution in [0.25, 0.3) is 0 Å². The third kappa shape index (κ3) is 2.95. The molecule has 0 atom stereocenters. The van der Waals surface area contributed by atoms with Gasteiger partial charge in [0.05, 0.1) is 19.1 Å². The zero-order valence-electron chi connectivity index (χ0n) is 8.29. The van der Waals surface area contributed by atoms with Crippen molar-refractivity contribution < 1.29 is 14.3 Å². The van der Waals surface area contributed by atoms with Gasteiger partial charge in [0, 0.05) is 6.08 Å².